The number of carbonyl (C=O) groups excluding carboxylic acids is 1. The van der Waals surface area contributed by atoms with Crippen LogP contribution in [0.4, 0.5) is 4.79 Å². The highest BCUT2D eigenvalue weighted by Gasteiger charge is 2.23. The Morgan fingerprint density at radius 3 is 2.48 bits per heavy atom. The Hall–Kier alpha value is -1.26. The lowest BCUT2D eigenvalue weighted by atomic mass is 9.86. The van der Waals surface area contributed by atoms with E-state index in [0.29, 0.717) is 18.4 Å². The number of hydrogen-bond donors (Lipinski definition) is 3. The summed E-state index contributed by atoms with van der Waals surface area (Å²) >= 11 is 0. The highest BCUT2D eigenvalue weighted by atomic mass is 16.4. The van der Waals surface area contributed by atoms with E-state index in [1.807, 2.05) is 0 Å². The maximum atomic E-state index is 12.0. The van der Waals surface area contributed by atoms with Crippen molar-refractivity contribution in [2.24, 2.45) is 17.8 Å². The summed E-state index contributed by atoms with van der Waals surface area (Å²) in [5, 5.41) is 14.8. The van der Waals surface area contributed by atoms with Gasteiger partial charge in [-0.25, -0.2) is 4.79 Å². The lowest BCUT2D eigenvalue weighted by Crippen LogP contribution is -2.47. The smallest absolute Gasteiger partial charge is 0.315 e. The summed E-state index contributed by atoms with van der Waals surface area (Å²) in [6.45, 7) is 6.74. The molecule has 1 rings (SSSR count). The van der Waals surface area contributed by atoms with Crippen LogP contribution in [0.25, 0.3) is 0 Å². The molecular weight excluding hydrogens is 268 g/mol. The van der Waals surface area contributed by atoms with Crippen LogP contribution in [-0.4, -0.2) is 29.7 Å². The van der Waals surface area contributed by atoms with Crippen molar-refractivity contribution in [3.63, 3.8) is 0 Å². The van der Waals surface area contributed by atoms with Gasteiger partial charge in [-0.2, -0.15) is 0 Å². The first-order chi connectivity index (χ1) is 9.88. The third kappa shape index (κ3) is 7.34. The SMILES string of the molecule is CC(C)CC(CNC(=O)NC1CCCCC1C)CC(=O)O. The van der Waals surface area contributed by atoms with E-state index < -0.39 is 5.97 Å². The molecule has 3 unspecified atom stereocenters. The van der Waals surface area contributed by atoms with Gasteiger partial charge in [0.2, 0.25) is 0 Å². The summed E-state index contributed by atoms with van der Waals surface area (Å²) in [5.74, 6) is 0.147. The van der Waals surface area contributed by atoms with Crippen LogP contribution in [0.5, 0.6) is 0 Å². The Morgan fingerprint density at radius 2 is 1.90 bits per heavy atom. The van der Waals surface area contributed by atoms with Crippen LogP contribution >= 0.6 is 0 Å². The van der Waals surface area contributed by atoms with Gasteiger partial charge in [-0.1, -0.05) is 33.6 Å². The molecule has 5 heteroatoms. The molecule has 0 aliphatic heterocycles. The molecule has 0 aromatic carbocycles. The molecule has 0 heterocycles. The highest BCUT2D eigenvalue weighted by molar-refractivity contribution is 5.74. The Balaban J connectivity index is 2.36. The van der Waals surface area contributed by atoms with Gasteiger partial charge < -0.3 is 15.7 Å². The minimum Gasteiger partial charge on any atom is -0.481 e. The molecule has 0 spiro atoms. The zero-order valence-electron chi connectivity index (χ0n) is 13.5. The van der Waals surface area contributed by atoms with Crippen molar-refractivity contribution in [1.82, 2.24) is 10.6 Å². The van der Waals surface area contributed by atoms with Crippen LogP contribution < -0.4 is 10.6 Å². The minimum atomic E-state index is -0.802. The quantitative estimate of drug-likeness (QED) is 0.676. The van der Waals surface area contributed by atoms with Gasteiger partial charge in [-0.3, -0.25) is 4.79 Å². The second kappa shape index (κ2) is 8.90. The molecule has 3 atom stereocenters. The van der Waals surface area contributed by atoms with Crippen LogP contribution in [-0.2, 0) is 4.79 Å². The van der Waals surface area contributed by atoms with Gasteiger partial charge in [0, 0.05) is 19.0 Å². The summed E-state index contributed by atoms with van der Waals surface area (Å²) in [7, 11) is 0. The monoisotopic (exact) mass is 298 g/mol. The summed E-state index contributed by atoms with van der Waals surface area (Å²) in [5.41, 5.74) is 0. The normalized spacial score (nSPS) is 23.6. The topological polar surface area (TPSA) is 78.4 Å². The molecule has 21 heavy (non-hydrogen) atoms. The first-order valence-corrected chi connectivity index (χ1v) is 8.14. The van der Waals surface area contributed by atoms with Crippen LogP contribution in [0.2, 0.25) is 0 Å². The molecule has 3 N–H and O–H groups in total. The molecule has 1 aliphatic carbocycles. The zero-order chi connectivity index (χ0) is 15.8. The van der Waals surface area contributed by atoms with Crippen LogP contribution in [0.1, 0.15) is 59.3 Å². The van der Waals surface area contributed by atoms with Crippen molar-refractivity contribution in [2.75, 3.05) is 6.54 Å². The van der Waals surface area contributed by atoms with E-state index in [2.05, 4.69) is 31.4 Å². The summed E-state index contributed by atoms with van der Waals surface area (Å²) in [6, 6.07) is 0.0923. The molecule has 2 amide bonds. The van der Waals surface area contributed by atoms with E-state index in [1.54, 1.807) is 0 Å². The largest absolute Gasteiger partial charge is 0.481 e. The predicted octanol–water partition coefficient (Wildman–Crippen LogP) is 3.00. The Kier molecular flexibility index (Phi) is 7.54. The van der Waals surface area contributed by atoms with Crippen LogP contribution in [0.15, 0.2) is 0 Å². The van der Waals surface area contributed by atoms with Crippen molar-refractivity contribution in [3.8, 4) is 0 Å². The van der Waals surface area contributed by atoms with Gasteiger partial charge in [0.05, 0.1) is 0 Å². The van der Waals surface area contributed by atoms with E-state index >= 15 is 0 Å². The summed E-state index contributed by atoms with van der Waals surface area (Å²) < 4.78 is 0. The fourth-order valence-electron chi connectivity index (χ4n) is 3.14. The fraction of sp³-hybridized carbons (Fsp3) is 0.875. The van der Waals surface area contributed by atoms with Gasteiger partial charge in [0.1, 0.15) is 0 Å². The first-order valence-electron chi connectivity index (χ1n) is 8.14. The molecule has 1 saturated carbocycles. The molecular formula is C16H30N2O3. The number of hydrogen-bond acceptors (Lipinski definition) is 2. The van der Waals surface area contributed by atoms with Crippen LogP contribution in [0, 0.1) is 17.8 Å². The molecule has 0 saturated heterocycles. The number of nitrogens with one attached hydrogen (secondary N) is 2. The molecule has 122 valence electrons. The number of urea groups is 1. The van der Waals surface area contributed by atoms with Gasteiger partial charge in [0.25, 0.3) is 0 Å². The van der Waals surface area contributed by atoms with E-state index in [-0.39, 0.29) is 24.4 Å². The number of rotatable bonds is 7. The Labute approximate surface area is 127 Å². The number of carboxylic acids is 1. The number of carbonyl (C=O) groups is 2. The Morgan fingerprint density at radius 1 is 1.24 bits per heavy atom. The highest BCUT2D eigenvalue weighted by Crippen LogP contribution is 2.23. The second-order valence-corrected chi connectivity index (χ2v) is 6.82. The average molecular weight is 298 g/mol. The van der Waals surface area contributed by atoms with Crippen molar-refractivity contribution in [2.45, 2.75) is 65.3 Å². The maximum Gasteiger partial charge on any atom is 0.315 e. The van der Waals surface area contributed by atoms with Gasteiger partial charge in [0.15, 0.2) is 0 Å². The molecule has 5 nitrogen and oxygen atoms in total. The molecule has 0 radical (unpaired) electrons. The van der Waals surface area contributed by atoms with Gasteiger partial charge in [-0.15, -0.1) is 0 Å². The zero-order valence-corrected chi connectivity index (χ0v) is 13.5. The van der Waals surface area contributed by atoms with Crippen molar-refractivity contribution >= 4 is 12.0 Å². The second-order valence-electron chi connectivity index (χ2n) is 6.82. The summed E-state index contributed by atoms with van der Waals surface area (Å²) in [4.78, 5) is 22.8. The molecule has 1 fully saturated rings. The number of carboxylic acid groups (broad SMARTS) is 1. The predicted molar refractivity (Wildman–Crippen MR) is 83.2 cm³/mol. The molecule has 0 aromatic heterocycles. The van der Waals surface area contributed by atoms with Gasteiger partial charge >= 0.3 is 12.0 Å². The summed E-state index contributed by atoms with van der Waals surface area (Å²) in [6.07, 6.45) is 5.55. The number of amides is 2. The molecule has 0 bridgehead atoms. The number of aliphatic carboxylic acids is 1. The lowest BCUT2D eigenvalue weighted by Gasteiger charge is -2.29. The van der Waals surface area contributed by atoms with Crippen molar-refractivity contribution in [3.05, 3.63) is 0 Å². The first kappa shape index (κ1) is 17.8. The third-order valence-electron chi connectivity index (χ3n) is 4.25. The van der Waals surface area contributed by atoms with Crippen LogP contribution in [0.3, 0.4) is 0 Å². The fourth-order valence-corrected chi connectivity index (χ4v) is 3.14. The standard InChI is InChI=1S/C16H30N2O3/c1-11(2)8-13(9-15(19)20)10-17-16(21)18-14-7-5-4-6-12(14)3/h11-14H,4-10H2,1-3H3,(H,19,20)(H2,17,18,21). The Bertz CT molecular complexity index is 344. The van der Waals surface area contributed by atoms with E-state index in [4.69, 9.17) is 5.11 Å². The minimum absolute atomic E-state index is 0.00275. The molecule has 0 aromatic rings. The third-order valence-corrected chi connectivity index (χ3v) is 4.25. The van der Waals surface area contributed by atoms with E-state index in [9.17, 15) is 9.59 Å². The maximum absolute atomic E-state index is 12.0. The van der Waals surface area contributed by atoms with E-state index in [1.165, 1.54) is 19.3 Å². The lowest BCUT2D eigenvalue weighted by molar-refractivity contribution is -0.138. The van der Waals surface area contributed by atoms with Crippen molar-refractivity contribution < 1.29 is 14.7 Å². The average Bonchev–Trinajstić information content (AvgIpc) is 2.37. The van der Waals surface area contributed by atoms with E-state index in [0.717, 1.165) is 12.8 Å². The molecule has 1 aliphatic rings. The van der Waals surface area contributed by atoms with Crippen molar-refractivity contribution in [1.29, 1.82) is 0 Å². The van der Waals surface area contributed by atoms with Gasteiger partial charge in [-0.05, 0) is 37.0 Å².